The highest BCUT2D eigenvalue weighted by Gasteiger charge is 2.16. The van der Waals surface area contributed by atoms with Crippen LogP contribution in [0.5, 0.6) is 0 Å². The Morgan fingerprint density at radius 2 is 1.78 bits per heavy atom. The highest BCUT2D eigenvalue weighted by molar-refractivity contribution is 9.10. The molecule has 18 heavy (non-hydrogen) atoms. The van der Waals surface area contributed by atoms with Gasteiger partial charge in [0.25, 0.3) is 0 Å². The molecule has 0 spiro atoms. The van der Waals surface area contributed by atoms with Crippen molar-refractivity contribution in [1.82, 2.24) is 10.2 Å². The van der Waals surface area contributed by atoms with Crippen LogP contribution in [0.1, 0.15) is 16.7 Å². The molecule has 1 aromatic heterocycles. The largest absolute Gasteiger partial charge is 0.360 e. The van der Waals surface area contributed by atoms with Crippen LogP contribution >= 0.6 is 15.9 Å². The summed E-state index contributed by atoms with van der Waals surface area (Å²) >= 11 is 3.63. The Labute approximate surface area is 116 Å². The SMILES string of the molecule is Cc1ccc(-c2[nH]nc(N(C)C)c2Br)c(C)c1C. The van der Waals surface area contributed by atoms with Gasteiger partial charge in [0.05, 0.1) is 10.2 Å². The minimum Gasteiger partial charge on any atom is -0.360 e. The quantitative estimate of drug-likeness (QED) is 0.914. The van der Waals surface area contributed by atoms with Gasteiger partial charge in [-0.15, -0.1) is 0 Å². The van der Waals surface area contributed by atoms with Crippen LogP contribution in [-0.2, 0) is 0 Å². The minimum absolute atomic E-state index is 0.919. The zero-order valence-electron chi connectivity index (χ0n) is 11.4. The van der Waals surface area contributed by atoms with E-state index in [1.165, 1.54) is 22.3 Å². The summed E-state index contributed by atoms with van der Waals surface area (Å²) in [5, 5.41) is 7.46. The molecule has 0 atom stereocenters. The zero-order chi connectivity index (χ0) is 13.4. The van der Waals surface area contributed by atoms with Gasteiger partial charge in [-0.1, -0.05) is 12.1 Å². The van der Waals surface area contributed by atoms with Gasteiger partial charge in [-0.25, -0.2) is 0 Å². The normalized spacial score (nSPS) is 10.8. The lowest BCUT2D eigenvalue weighted by Crippen LogP contribution is -2.09. The van der Waals surface area contributed by atoms with Crippen LogP contribution in [0, 0.1) is 20.8 Å². The van der Waals surface area contributed by atoms with Crippen LogP contribution in [0.25, 0.3) is 11.3 Å². The summed E-state index contributed by atoms with van der Waals surface area (Å²) in [6.07, 6.45) is 0. The molecule has 4 heteroatoms. The fourth-order valence-corrected chi connectivity index (χ4v) is 2.77. The summed E-state index contributed by atoms with van der Waals surface area (Å²) in [6.45, 7) is 6.45. The third-order valence-corrected chi connectivity index (χ3v) is 4.19. The van der Waals surface area contributed by atoms with Crippen LogP contribution in [0.2, 0.25) is 0 Å². The molecule has 2 aromatic rings. The number of hydrogen-bond acceptors (Lipinski definition) is 2. The summed E-state index contributed by atoms with van der Waals surface area (Å²) in [6, 6.07) is 4.30. The zero-order valence-corrected chi connectivity index (χ0v) is 13.0. The Hall–Kier alpha value is -1.29. The van der Waals surface area contributed by atoms with Gasteiger partial charge >= 0.3 is 0 Å². The molecule has 0 amide bonds. The molecule has 0 bridgehead atoms. The van der Waals surface area contributed by atoms with E-state index in [4.69, 9.17) is 0 Å². The molecule has 2 rings (SSSR count). The van der Waals surface area contributed by atoms with Gasteiger partial charge in [-0.05, 0) is 53.4 Å². The molecule has 0 unspecified atom stereocenters. The van der Waals surface area contributed by atoms with Crippen LogP contribution in [0.3, 0.4) is 0 Å². The summed E-state index contributed by atoms with van der Waals surface area (Å²) in [5.41, 5.74) is 6.19. The summed E-state index contributed by atoms with van der Waals surface area (Å²) in [5.74, 6) is 0.919. The molecule has 0 radical (unpaired) electrons. The van der Waals surface area contributed by atoms with Crippen LogP contribution in [-0.4, -0.2) is 24.3 Å². The number of nitrogens with zero attached hydrogens (tertiary/aromatic N) is 2. The molecule has 1 heterocycles. The molecular weight excluding hydrogens is 290 g/mol. The van der Waals surface area contributed by atoms with Crippen molar-refractivity contribution in [1.29, 1.82) is 0 Å². The van der Waals surface area contributed by atoms with E-state index < -0.39 is 0 Å². The van der Waals surface area contributed by atoms with Gasteiger partial charge in [0.15, 0.2) is 5.82 Å². The maximum Gasteiger partial charge on any atom is 0.164 e. The van der Waals surface area contributed by atoms with Gasteiger partial charge in [-0.3, -0.25) is 5.10 Å². The maximum absolute atomic E-state index is 4.34. The van der Waals surface area contributed by atoms with E-state index in [2.05, 4.69) is 59.0 Å². The maximum atomic E-state index is 4.34. The first-order valence-electron chi connectivity index (χ1n) is 5.91. The first-order valence-corrected chi connectivity index (χ1v) is 6.71. The Morgan fingerprint density at radius 3 is 2.33 bits per heavy atom. The van der Waals surface area contributed by atoms with Crippen molar-refractivity contribution >= 4 is 21.7 Å². The third-order valence-electron chi connectivity index (χ3n) is 3.44. The van der Waals surface area contributed by atoms with E-state index in [0.717, 1.165) is 16.0 Å². The van der Waals surface area contributed by atoms with Gasteiger partial charge < -0.3 is 4.90 Å². The molecule has 0 saturated heterocycles. The van der Waals surface area contributed by atoms with Gasteiger partial charge in [0, 0.05) is 19.7 Å². The summed E-state index contributed by atoms with van der Waals surface area (Å²) in [7, 11) is 3.97. The number of aromatic nitrogens is 2. The molecule has 0 aliphatic carbocycles. The van der Waals surface area contributed by atoms with E-state index in [9.17, 15) is 0 Å². The standard InChI is InChI=1S/C14H18BrN3/c1-8-6-7-11(10(3)9(8)2)13-12(15)14(17-16-13)18(4)5/h6-7H,1-5H3,(H,16,17). The molecule has 0 aliphatic rings. The first kappa shape index (κ1) is 13.1. The van der Waals surface area contributed by atoms with Crippen molar-refractivity contribution in [3.63, 3.8) is 0 Å². The summed E-state index contributed by atoms with van der Waals surface area (Å²) in [4.78, 5) is 1.99. The fraction of sp³-hybridized carbons (Fsp3) is 0.357. The molecule has 96 valence electrons. The number of hydrogen-bond donors (Lipinski definition) is 1. The van der Waals surface area contributed by atoms with Crippen molar-refractivity contribution in [2.45, 2.75) is 20.8 Å². The second-order valence-electron chi connectivity index (χ2n) is 4.81. The van der Waals surface area contributed by atoms with E-state index in [1.807, 2.05) is 19.0 Å². The molecular formula is C14H18BrN3. The van der Waals surface area contributed by atoms with Crippen molar-refractivity contribution in [2.24, 2.45) is 0 Å². The fourth-order valence-electron chi connectivity index (χ4n) is 2.02. The first-order chi connectivity index (χ1) is 8.43. The molecule has 0 fully saturated rings. The minimum atomic E-state index is 0.919. The lowest BCUT2D eigenvalue weighted by molar-refractivity contribution is 1.01. The average molecular weight is 308 g/mol. The second-order valence-corrected chi connectivity index (χ2v) is 5.60. The summed E-state index contributed by atoms with van der Waals surface area (Å²) < 4.78 is 1.01. The molecule has 1 aromatic carbocycles. The van der Waals surface area contributed by atoms with Crippen LogP contribution < -0.4 is 4.90 Å². The highest BCUT2D eigenvalue weighted by Crippen LogP contribution is 2.35. The molecule has 0 saturated carbocycles. The van der Waals surface area contributed by atoms with Crippen molar-refractivity contribution < 1.29 is 0 Å². The van der Waals surface area contributed by atoms with Gasteiger partial charge in [0.1, 0.15) is 0 Å². The smallest absolute Gasteiger partial charge is 0.164 e. The number of benzene rings is 1. The molecule has 3 nitrogen and oxygen atoms in total. The Morgan fingerprint density at radius 1 is 1.11 bits per heavy atom. The Bertz CT molecular complexity index is 585. The van der Waals surface area contributed by atoms with Crippen LogP contribution in [0.4, 0.5) is 5.82 Å². The lowest BCUT2D eigenvalue weighted by atomic mass is 9.97. The highest BCUT2D eigenvalue weighted by atomic mass is 79.9. The number of H-pyrrole nitrogens is 1. The predicted molar refractivity (Wildman–Crippen MR) is 80.3 cm³/mol. The number of halogens is 1. The van der Waals surface area contributed by atoms with Crippen molar-refractivity contribution in [3.05, 3.63) is 33.3 Å². The van der Waals surface area contributed by atoms with Crippen LogP contribution in [0.15, 0.2) is 16.6 Å². The van der Waals surface area contributed by atoms with Crippen molar-refractivity contribution in [3.8, 4) is 11.3 Å². The predicted octanol–water partition coefficient (Wildman–Crippen LogP) is 3.83. The monoisotopic (exact) mass is 307 g/mol. The second kappa shape index (κ2) is 4.76. The van der Waals surface area contributed by atoms with Gasteiger partial charge in [0.2, 0.25) is 0 Å². The van der Waals surface area contributed by atoms with Gasteiger partial charge in [-0.2, -0.15) is 5.10 Å². The average Bonchev–Trinajstić information content (AvgIpc) is 2.69. The number of nitrogens with one attached hydrogen (secondary N) is 1. The Kier molecular flexibility index (Phi) is 3.48. The van der Waals surface area contributed by atoms with E-state index >= 15 is 0 Å². The molecule has 1 N–H and O–H groups in total. The topological polar surface area (TPSA) is 31.9 Å². The number of anilines is 1. The number of aryl methyl sites for hydroxylation is 1. The van der Waals surface area contributed by atoms with E-state index in [0.29, 0.717) is 0 Å². The number of aromatic amines is 1. The van der Waals surface area contributed by atoms with E-state index in [-0.39, 0.29) is 0 Å². The van der Waals surface area contributed by atoms with E-state index in [1.54, 1.807) is 0 Å². The lowest BCUT2D eigenvalue weighted by Gasteiger charge is -2.11. The Balaban J connectivity index is 2.60. The molecule has 0 aliphatic heterocycles. The third kappa shape index (κ3) is 2.05. The van der Waals surface area contributed by atoms with Crippen molar-refractivity contribution in [2.75, 3.05) is 19.0 Å². The number of rotatable bonds is 2.